The number of aliphatic carboxylic acids is 1. The van der Waals surface area contributed by atoms with Gasteiger partial charge in [0.2, 0.25) is 0 Å². The largest absolute Gasteiger partial charge is 0.481 e. The Morgan fingerprint density at radius 3 is 1.56 bits per heavy atom. The number of ether oxygens (including phenoxy) is 1. The van der Waals surface area contributed by atoms with Gasteiger partial charge in [0.1, 0.15) is 0 Å². The van der Waals surface area contributed by atoms with Crippen molar-refractivity contribution >= 4 is 11.9 Å². The Bertz CT molecular complexity index is 1160. The van der Waals surface area contributed by atoms with E-state index in [0.29, 0.717) is 19.4 Å². The summed E-state index contributed by atoms with van der Waals surface area (Å²) in [5, 5.41) is 9.30. The van der Waals surface area contributed by atoms with Crippen LogP contribution in [0.5, 0.6) is 0 Å². The van der Waals surface area contributed by atoms with Crippen molar-refractivity contribution in [3.63, 3.8) is 0 Å². The third kappa shape index (κ3) is 9.59. The predicted octanol–water partition coefficient (Wildman–Crippen LogP) is 6.50. The third-order valence-electron chi connectivity index (χ3n) is 5.75. The second-order valence-electron chi connectivity index (χ2n) is 8.44. The minimum Gasteiger partial charge on any atom is -0.481 e. The molecule has 1 N–H and O–H groups in total. The van der Waals surface area contributed by atoms with E-state index in [4.69, 9.17) is 4.74 Å². The van der Waals surface area contributed by atoms with Gasteiger partial charge in [-0.15, -0.1) is 0 Å². The lowest BCUT2D eigenvalue weighted by atomic mass is 9.92. The number of hydrogen-bond acceptors (Lipinski definition) is 3. The van der Waals surface area contributed by atoms with Crippen LogP contribution in [0.4, 0.5) is 0 Å². The summed E-state index contributed by atoms with van der Waals surface area (Å²) in [5.41, 5.74) is 4.23. The van der Waals surface area contributed by atoms with Crippen LogP contribution in [0.25, 0.3) is 0 Å². The molecule has 36 heavy (non-hydrogen) atoms. The zero-order valence-corrected chi connectivity index (χ0v) is 20.3. The number of carbonyl (C=O) groups excluding carboxylic acids is 1. The standard InChI is InChI=1S/2C16H16O2/c17-16(13-15-9-5-2-6-10-15)18-12-11-14-7-3-1-4-8-14;17-16(18)15(14-9-5-2-6-10-14)12-11-13-7-3-1-4-8-13/h1-10H,11-13H2;1-10,15H,11-12H2,(H,17,18). The highest BCUT2D eigenvalue weighted by Crippen LogP contribution is 2.22. The topological polar surface area (TPSA) is 63.6 Å². The Kier molecular flexibility index (Phi) is 11.0. The zero-order chi connectivity index (χ0) is 25.4. The van der Waals surface area contributed by atoms with Crippen LogP contribution in [0.3, 0.4) is 0 Å². The van der Waals surface area contributed by atoms with Crippen molar-refractivity contribution in [1.29, 1.82) is 0 Å². The number of aryl methyl sites for hydroxylation is 1. The summed E-state index contributed by atoms with van der Waals surface area (Å²) in [4.78, 5) is 22.9. The van der Waals surface area contributed by atoms with Gasteiger partial charge < -0.3 is 9.84 Å². The summed E-state index contributed by atoms with van der Waals surface area (Å²) in [7, 11) is 0. The van der Waals surface area contributed by atoms with Crippen molar-refractivity contribution < 1.29 is 19.4 Å². The molecule has 0 aliphatic rings. The molecule has 4 nitrogen and oxygen atoms in total. The fraction of sp³-hybridized carbons (Fsp3) is 0.188. The molecule has 4 aromatic carbocycles. The van der Waals surface area contributed by atoms with Gasteiger partial charge in [0.25, 0.3) is 0 Å². The van der Waals surface area contributed by atoms with E-state index < -0.39 is 11.9 Å². The quantitative estimate of drug-likeness (QED) is 0.263. The van der Waals surface area contributed by atoms with E-state index in [1.807, 2.05) is 121 Å². The predicted molar refractivity (Wildman–Crippen MR) is 143 cm³/mol. The van der Waals surface area contributed by atoms with Crippen molar-refractivity contribution in [2.24, 2.45) is 0 Å². The second-order valence-corrected chi connectivity index (χ2v) is 8.44. The highest BCUT2D eigenvalue weighted by atomic mass is 16.5. The van der Waals surface area contributed by atoms with E-state index in [1.54, 1.807) is 0 Å². The lowest BCUT2D eigenvalue weighted by molar-refractivity contribution is -0.142. The molecule has 1 unspecified atom stereocenters. The highest BCUT2D eigenvalue weighted by Gasteiger charge is 2.19. The minimum absolute atomic E-state index is 0.169. The number of benzene rings is 4. The lowest BCUT2D eigenvalue weighted by Crippen LogP contribution is -2.12. The maximum Gasteiger partial charge on any atom is 0.310 e. The lowest BCUT2D eigenvalue weighted by Gasteiger charge is -2.12. The molecule has 0 spiro atoms. The van der Waals surface area contributed by atoms with Crippen molar-refractivity contribution in [3.05, 3.63) is 144 Å². The molecule has 0 fully saturated rings. The molecule has 0 radical (unpaired) electrons. The number of carbonyl (C=O) groups is 2. The van der Waals surface area contributed by atoms with Crippen LogP contribution in [0, 0.1) is 0 Å². The van der Waals surface area contributed by atoms with Crippen molar-refractivity contribution in [3.8, 4) is 0 Å². The first-order valence-electron chi connectivity index (χ1n) is 12.2. The van der Waals surface area contributed by atoms with Crippen molar-refractivity contribution in [1.82, 2.24) is 0 Å². The molecule has 4 rings (SSSR count). The maximum atomic E-state index is 11.6. The number of hydrogen-bond donors (Lipinski definition) is 1. The second kappa shape index (κ2) is 14.9. The first-order chi connectivity index (χ1) is 17.6. The van der Waals surface area contributed by atoms with Crippen LogP contribution < -0.4 is 0 Å². The smallest absolute Gasteiger partial charge is 0.310 e. The fourth-order valence-corrected chi connectivity index (χ4v) is 3.81. The van der Waals surface area contributed by atoms with Gasteiger partial charge in [-0.1, -0.05) is 121 Å². The normalized spacial score (nSPS) is 11.0. The van der Waals surface area contributed by atoms with Gasteiger partial charge in [0.05, 0.1) is 18.9 Å². The molecule has 0 aromatic heterocycles. The van der Waals surface area contributed by atoms with E-state index in [0.717, 1.165) is 24.0 Å². The van der Waals surface area contributed by atoms with Gasteiger partial charge in [-0.3, -0.25) is 9.59 Å². The zero-order valence-electron chi connectivity index (χ0n) is 20.3. The minimum atomic E-state index is -0.753. The SMILES string of the molecule is O=C(Cc1ccccc1)OCCc1ccccc1.O=C(O)C(CCc1ccccc1)c1ccccc1. The van der Waals surface area contributed by atoms with Gasteiger partial charge in [-0.05, 0) is 35.1 Å². The molecule has 4 heteroatoms. The summed E-state index contributed by atoms with van der Waals surface area (Å²) >= 11 is 0. The molecule has 184 valence electrons. The Hall–Kier alpha value is -4.18. The molecule has 1 atom stereocenters. The van der Waals surface area contributed by atoms with Gasteiger partial charge in [-0.25, -0.2) is 0 Å². The Morgan fingerprint density at radius 1 is 0.611 bits per heavy atom. The first-order valence-corrected chi connectivity index (χ1v) is 12.2. The average molecular weight is 481 g/mol. The van der Waals surface area contributed by atoms with Gasteiger partial charge in [0, 0.05) is 6.42 Å². The molecule has 0 aliphatic heterocycles. The van der Waals surface area contributed by atoms with Crippen LogP contribution in [0.2, 0.25) is 0 Å². The third-order valence-corrected chi connectivity index (χ3v) is 5.75. The van der Waals surface area contributed by atoms with E-state index in [2.05, 4.69) is 0 Å². The molecule has 0 aliphatic carbocycles. The van der Waals surface area contributed by atoms with Crippen LogP contribution in [0.1, 0.15) is 34.6 Å². The molecule has 4 aromatic rings. The average Bonchev–Trinajstić information content (AvgIpc) is 2.91. The van der Waals surface area contributed by atoms with Crippen molar-refractivity contribution in [2.75, 3.05) is 6.61 Å². The van der Waals surface area contributed by atoms with Gasteiger partial charge >= 0.3 is 11.9 Å². The molecular weight excluding hydrogens is 448 g/mol. The summed E-state index contributed by atoms with van der Waals surface area (Å²) in [6, 6.07) is 39.1. The molecule has 0 amide bonds. The van der Waals surface area contributed by atoms with Crippen LogP contribution in [-0.4, -0.2) is 23.7 Å². The molecule has 0 bridgehead atoms. The monoisotopic (exact) mass is 480 g/mol. The van der Waals surface area contributed by atoms with Crippen LogP contribution in [-0.2, 0) is 33.6 Å². The summed E-state index contributed by atoms with van der Waals surface area (Å²) < 4.78 is 5.21. The molecule has 0 saturated heterocycles. The van der Waals surface area contributed by atoms with E-state index >= 15 is 0 Å². The molecule has 0 heterocycles. The van der Waals surface area contributed by atoms with E-state index in [1.165, 1.54) is 11.1 Å². The van der Waals surface area contributed by atoms with Crippen molar-refractivity contribution in [2.45, 2.75) is 31.6 Å². The molecule has 0 saturated carbocycles. The number of rotatable bonds is 10. The number of carboxylic acid groups (broad SMARTS) is 1. The maximum absolute atomic E-state index is 11.6. The Labute approximate surface area is 213 Å². The molecular formula is C32H32O4. The summed E-state index contributed by atoms with van der Waals surface area (Å²) in [6.45, 7) is 0.440. The van der Waals surface area contributed by atoms with Gasteiger partial charge in [0.15, 0.2) is 0 Å². The fourth-order valence-electron chi connectivity index (χ4n) is 3.81. The highest BCUT2D eigenvalue weighted by molar-refractivity contribution is 5.76. The van der Waals surface area contributed by atoms with E-state index in [-0.39, 0.29) is 5.97 Å². The number of esters is 1. The Balaban J connectivity index is 0.000000201. The first kappa shape index (κ1) is 26.4. The summed E-state index contributed by atoms with van der Waals surface area (Å²) in [5.74, 6) is -1.35. The van der Waals surface area contributed by atoms with Crippen LogP contribution in [0.15, 0.2) is 121 Å². The van der Waals surface area contributed by atoms with E-state index in [9.17, 15) is 14.7 Å². The van der Waals surface area contributed by atoms with Gasteiger partial charge in [-0.2, -0.15) is 0 Å². The Morgan fingerprint density at radius 2 is 1.06 bits per heavy atom. The van der Waals surface area contributed by atoms with Crippen LogP contribution >= 0.6 is 0 Å². The summed E-state index contributed by atoms with van der Waals surface area (Å²) in [6.07, 6.45) is 2.52. The number of carboxylic acids is 1.